The summed E-state index contributed by atoms with van der Waals surface area (Å²) in [5, 5.41) is 3.05. The van der Waals surface area contributed by atoms with Crippen LogP contribution in [0.4, 0.5) is 0 Å². The van der Waals surface area contributed by atoms with Crippen molar-refractivity contribution in [3.05, 3.63) is 72.2 Å². The molecule has 1 aromatic carbocycles. The number of rotatable bonds is 5. The normalized spacial score (nSPS) is 16.2. The third-order valence-corrected chi connectivity index (χ3v) is 4.36. The van der Waals surface area contributed by atoms with Gasteiger partial charge < -0.3 is 19.0 Å². The van der Waals surface area contributed by atoms with Crippen LogP contribution < -0.4 is 10.1 Å². The Balaban J connectivity index is 1.39. The highest BCUT2D eigenvalue weighted by molar-refractivity contribution is 5.93. The first-order valence-corrected chi connectivity index (χ1v) is 8.34. The largest absolute Gasteiger partial charge is 0.489 e. The Kier molecular flexibility index (Phi) is 4.24. The predicted octanol–water partition coefficient (Wildman–Crippen LogP) is 2.80. The first-order chi connectivity index (χ1) is 12.3. The molecule has 0 aliphatic carbocycles. The molecule has 6 nitrogen and oxygen atoms in total. The van der Waals surface area contributed by atoms with E-state index >= 15 is 0 Å². The second kappa shape index (κ2) is 6.84. The molecular weight excluding hydrogens is 318 g/mol. The molecule has 1 atom stereocenters. The zero-order valence-corrected chi connectivity index (χ0v) is 13.7. The Labute approximate surface area is 145 Å². The highest BCUT2D eigenvalue weighted by Crippen LogP contribution is 2.17. The molecule has 2 aromatic heterocycles. The Morgan fingerprint density at radius 2 is 2.20 bits per heavy atom. The Morgan fingerprint density at radius 1 is 1.32 bits per heavy atom. The molecule has 3 heterocycles. The molecule has 25 heavy (non-hydrogen) atoms. The fourth-order valence-electron chi connectivity index (χ4n) is 3.06. The summed E-state index contributed by atoms with van der Waals surface area (Å²) in [7, 11) is 0. The topological polar surface area (TPSA) is 69.3 Å². The van der Waals surface area contributed by atoms with Crippen molar-refractivity contribution < 1.29 is 13.9 Å². The molecule has 3 aromatic rings. The van der Waals surface area contributed by atoms with E-state index in [4.69, 9.17) is 9.15 Å². The van der Waals surface area contributed by atoms with Crippen molar-refractivity contribution >= 4 is 5.91 Å². The van der Waals surface area contributed by atoms with E-state index < -0.39 is 0 Å². The summed E-state index contributed by atoms with van der Waals surface area (Å²) >= 11 is 0. The number of carbonyl (C=O) groups is 1. The minimum Gasteiger partial charge on any atom is -0.489 e. The third kappa shape index (κ3) is 3.42. The molecule has 1 aliphatic heterocycles. The molecule has 1 amide bonds. The van der Waals surface area contributed by atoms with E-state index in [9.17, 15) is 4.79 Å². The van der Waals surface area contributed by atoms with Crippen LogP contribution in [0.2, 0.25) is 0 Å². The SMILES string of the molecule is O=C(NC1CCc2nccn2C1)c1occc1COc1ccccc1. The van der Waals surface area contributed by atoms with E-state index in [1.54, 1.807) is 12.3 Å². The van der Waals surface area contributed by atoms with Gasteiger partial charge in [0.1, 0.15) is 18.2 Å². The maximum absolute atomic E-state index is 12.6. The summed E-state index contributed by atoms with van der Waals surface area (Å²) in [5.74, 6) is 1.94. The Bertz CT molecular complexity index is 854. The van der Waals surface area contributed by atoms with Gasteiger partial charge in [0.05, 0.1) is 6.26 Å². The number of para-hydroxylation sites is 1. The lowest BCUT2D eigenvalue weighted by molar-refractivity contribution is 0.0896. The van der Waals surface area contributed by atoms with E-state index in [0.717, 1.165) is 36.5 Å². The van der Waals surface area contributed by atoms with Crippen LogP contribution in [0.1, 0.15) is 28.4 Å². The molecular formula is C19H19N3O3. The van der Waals surface area contributed by atoms with Gasteiger partial charge in [-0.05, 0) is 24.6 Å². The third-order valence-electron chi connectivity index (χ3n) is 4.36. The van der Waals surface area contributed by atoms with Crippen molar-refractivity contribution in [3.63, 3.8) is 0 Å². The van der Waals surface area contributed by atoms with E-state index in [0.29, 0.717) is 12.4 Å². The Hall–Kier alpha value is -3.02. The molecule has 128 valence electrons. The molecule has 0 bridgehead atoms. The molecule has 6 heteroatoms. The van der Waals surface area contributed by atoms with E-state index in [2.05, 4.69) is 14.9 Å². The molecule has 0 radical (unpaired) electrons. The van der Waals surface area contributed by atoms with Crippen LogP contribution in [0, 0.1) is 0 Å². The lowest BCUT2D eigenvalue weighted by atomic mass is 10.1. The summed E-state index contributed by atoms with van der Waals surface area (Å²) in [5.41, 5.74) is 0.737. The number of amides is 1. The summed E-state index contributed by atoms with van der Waals surface area (Å²) in [6.07, 6.45) is 7.00. The summed E-state index contributed by atoms with van der Waals surface area (Å²) in [6.45, 7) is 1.03. The van der Waals surface area contributed by atoms with Gasteiger partial charge in [-0.3, -0.25) is 4.79 Å². The number of hydrogen-bond acceptors (Lipinski definition) is 4. The number of fused-ring (bicyclic) bond motifs is 1. The quantitative estimate of drug-likeness (QED) is 0.777. The predicted molar refractivity (Wildman–Crippen MR) is 91.3 cm³/mol. The van der Waals surface area contributed by atoms with E-state index in [1.807, 2.05) is 36.5 Å². The molecule has 0 saturated heterocycles. The standard InChI is InChI=1S/C19H19N3O3/c23-19(21-15-6-7-17-20-9-10-22(17)12-15)18-14(8-11-24-18)13-25-16-4-2-1-3-5-16/h1-5,8-11,15H,6-7,12-13H2,(H,21,23). The van der Waals surface area contributed by atoms with Gasteiger partial charge in [0.2, 0.25) is 0 Å². The van der Waals surface area contributed by atoms with Crippen molar-refractivity contribution in [2.24, 2.45) is 0 Å². The molecule has 0 saturated carbocycles. The number of nitrogens with one attached hydrogen (secondary N) is 1. The minimum absolute atomic E-state index is 0.0715. The molecule has 0 spiro atoms. The van der Waals surface area contributed by atoms with Gasteiger partial charge in [0.25, 0.3) is 5.91 Å². The fraction of sp³-hybridized carbons (Fsp3) is 0.263. The fourth-order valence-corrected chi connectivity index (χ4v) is 3.06. The summed E-state index contributed by atoms with van der Waals surface area (Å²) in [4.78, 5) is 16.9. The number of aryl methyl sites for hydroxylation is 1. The van der Waals surface area contributed by atoms with Crippen molar-refractivity contribution in [1.29, 1.82) is 0 Å². The van der Waals surface area contributed by atoms with Gasteiger partial charge in [-0.1, -0.05) is 18.2 Å². The highest BCUT2D eigenvalue weighted by atomic mass is 16.5. The molecule has 1 unspecified atom stereocenters. The number of nitrogens with zero attached hydrogens (tertiary/aromatic N) is 2. The number of furan rings is 1. The monoisotopic (exact) mass is 337 g/mol. The average molecular weight is 337 g/mol. The van der Waals surface area contributed by atoms with E-state index in [-0.39, 0.29) is 11.9 Å². The minimum atomic E-state index is -0.203. The highest BCUT2D eigenvalue weighted by Gasteiger charge is 2.23. The van der Waals surface area contributed by atoms with Crippen molar-refractivity contribution in [3.8, 4) is 5.75 Å². The van der Waals surface area contributed by atoms with Crippen LogP contribution >= 0.6 is 0 Å². The summed E-state index contributed by atoms with van der Waals surface area (Å²) in [6, 6.07) is 11.3. The number of carbonyl (C=O) groups excluding carboxylic acids is 1. The van der Waals surface area contributed by atoms with Crippen LogP contribution in [0.5, 0.6) is 5.75 Å². The van der Waals surface area contributed by atoms with Crippen molar-refractivity contribution in [2.75, 3.05) is 0 Å². The zero-order chi connectivity index (χ0) is 17.1. The maximum Gasteiger partial charge on any atom is 0.287 e. The van der Waals surface area contributed by atoms with Crippen molar-refractivity contribution in [2.45, 2.75) is 32.0 Å². The zero-order valence-electron chi connectivity index (χ0n) is 13.7. The van der Waals surface area contributed by atoms with E-state index in [1.165, 1.54) is 6.26 Å². The molecule has 0 fully saturated rings. The van der Waals surface area contributed by atoms with Gasteiger partial charge in [-0.25, -0.2) is 4.98 Å². The van der Waals surface area contributed by atoms with Crippen LogP contribution in [0.15, 0.2) is 59.5 Å². The second-order valence-corrected chi connectivity index (χ2v) is 6.08. The first kappa shape index (κ1) is 15.5. The number of ether oxygens (including phenoxy) is 1. The average Bonchev–Trinajstić information content (AvgIpc) is 3.29. The number of aromatic nitrogens is 2. The second-order valence-electron chi connectivity index (χ2n) is 6.08. The van der Waals surface area contributed by atoms with Crippen LogP contribution in [-0.2, 0) is 19.6 Å². The lowest BCUT2D eigenvalue weighted by Gasteiger charge is -2.24. The summed E-state index contributed by atoms with van der Waals surface area (Å²) < 4.78 is 13.2. The van der Waals surface area contributed by atoms with Gasteiger partial charge in [0.15, 0.2) is 5.76 Å². The van der Waals surface area contributed by atoms with Gasteiger partial charge in [-0.15, -0.1) is 0 Å². The van der Waals surface area contributed by atoms with Gasteiger partial charge in [0, 0.05) is 37.0 Å². The molecule has 4 rings (SSSR count). The lowest BCUT2D eigenvalue weighted by Crippen LogP contribution is -2.41. The maximum atomic E-state index is 12.6. The number of benzene rings is 1. The first-order valence-electron chi connectivity index (χ1n) is 8.34. The number of hydrogen-bond donors (Lipinski definition) is 1. The van der Waals surface area contributed by atoms with Crippen LogP contribution in [0.25, 0.3) is 0 Å². The smallest absolute Gasteiger partial charge is 0.287 e. The van der Waals surface area contributed by atoms with Crippen LogP contribution in [0.3, 0.4) is 0 Å². The molecule has 1 aliphatic rings. The molecule has 1 N–H and O–H groups in total. The Morgan fingerprint density at radius 3 is 3.08 bits per heavy atom. The van der Waals surface area contributed by atoms with Gasteiger partial charge in [-0.2, -0.15) is 0 Å². The number of imidazole rings is 1. The van der Waals surface area contributed by atoms with Crippen LogP contribution in [-0.4, -0.2) is 21.5 Å². The van der Waals surface area contributed by atoms with Gasteiger partial charge >= 0.3 is 0 Å². The van der Waals surface area contributed by atoms with Crippen molar-refractivity contribution in [1.82, 2.24) is 14.9 Å².